The molecule has 0 saturated heterocycles. The Hall–Kier alpha value is -0.810. The lowest BCUT2D eigenvalue weighted by molar-refractivity contribution is 0.0775. The van der Waals surface area contributed by atoms with E-state index in [1.807, 2.05) is 33.4 Å². The molecule has 1 amide bonds. The molecule has 1 aliphatic rings. The van der Waals surface area contributed by atoms with Crippen LogP contribution in [0.1, 0.15) is 29.4 Å². The van der Waals surface area contributed by atoms with Gasteiger partial charge in [0.1, 0.15) is 5.69 Å². The van der Waals surface area contributed by atoms with Crippen molar-refractivity contribution in [3.8, 4) is 0 Å². The molecule has 4 nitrogen and oxygen atoms in total. The lowest BCUT2D eigenvalue weighted by Gasteiger charge is -2.20. The van der Waals surface area contributed by atoms with Gasteiger partial charge < -0.3 is 14.4 Å². The summed E-state index contributed by atoms with van der Waals surface area (Å²) in [4.78, 5) is 16.3. The van der Waals surface area contributed by atoms with E-state index in [-0.39, 0.29) is 5.91 Å². The van der Waals surface area contributed by atoms with Gasteiger partial charge in [0, 0.05) is 36.8 Å². The Morgan fingerprint density at radius 2 is 2.06 bits per heavy atom. The Morgan fingerprint density at radius 3 is 2.61 bits per heavy atom. The van der Waals surface area contributed by atoms with Crippen molar-refractivity contribution < 1.29 is 4.79 Å². The molecule has 0 aliphatic heterocycles. The van der Waals surface area contributed by atoms with Gasteiger partial charge in [0.25, 0.3) is 5.91 Å². The molecule has 0 spiro atoms. The fourth-order valence-corrected chi connectivity index (χ4v) is 2.36. The summed E-state index contributed by atoms with van der Waals surface area (Å²) in [5.74, 6) is 0.106. The van der Waals surface area contributed by atoms with Crippen LogP contribution in [0.25, 0.3) is 0 Å². The number of amides is 1. The Kier molecular flexibility index (Phi) is 4.12. The Morgan fingerprint density at radius 1 is 1.39 bits per heavy atom. The zero-order valence-electron chi connectivity index (χ0n) is 11.2. The van der Waals surface area contributed by atoms with Crippen molar-refractivity contribution in [1.82, 2.24) is 14.4 Å². The average molecular weight is 314 g/mol. The van der Waals surface area contributed by atoms with Crippen molar-refractivity contribution in [2.45, 2.75) is 18.9 Å². The molecular weight excluding hydrogens is 294 g/mol. The smallest absolute Gasteiger partial charge is 0.270 e. The predicted molar refractivity (Wildman–Crippen MR) is 75.9 cm³/mol. The number of nitrogens with zero attached hydrogens (tertiary/aromatic N) is 3. The first-order valence-electron chi connectivity index (χ1n) is 6.26. The molecule has 1 aromatic rings. The van der Waals surface area contributed by atoms with Gasteiger partial charge in [-0.25, -0.2) is 0 Å². The lowest BCUT2D eigenvalue weighted by atomic mass is 10.3. The van der Waals surface area contributed by atoms with Crippen LogP contribution in [0.3, 0.4) is 0 Å². The van der Waals surface area contributed by atoms with Gasteiger partial charge in [-0.2, -0.15) is 0 Å². The normalized spacial score (nSPS) is 15.2. The van der Waals surface area contributed by atoms with Gasteiger partial charge >= 0.3 is 0 Å². The molecule has 0 unspecified atom stereocenters. The summed E-state index contributed by atoms with van der Waals surface area (Å²) < 4.78 is 3.09. The van der Waals surface area contributed by atoms with E-state index in [0.29, 0.717) is 6.04 Å². The van der Waals surface area contributed by atoms with Crippen molar-refractivity contribution in [1.29, 1.82) is 0 Å². The first-order valence-corrected chi connectivity index (χ1v) is 7.06. The standard InChI is InChI=1S/C13H20BrN3O/c1-15(2)6-7-16(3)13(18)12-8-10(14)9-17(12)11-4-5-11/h8-9,11H,4-7H2,1-3H3. The van der Waals surface area contributed by atoms with Crippen LogP contribution in [0.5, 0.6) is 0 Å². The number of likely N-dealkylation sites (N-methyl/N-ethyl adjacent to an activating group) is 2. The third-order valence-electron chi connectivity index (χ3n) is 3.20. The Labute approximate surface area is 117 Å². The predicted octanol–water partition coefficient (Wildman–Crippen LogP) is 2.22. The van der Waals surface area contributed by atoms with E-state index >= 15 is 0 Å². The zero-order valence-corrected chi connectivity index (χ0v) is 12.8. The number of carbonyl (C=O) groups excluding carboxylic acids is 1. The second-order valence-corrected chi connectivity index (χ2v) is 6.13. The van der Waals surface area contributed by atoms with Gasteiger partial charge in [-0.15, -0.1) is 0 Å². The molecule has 18 heavy (non-hydrogen) atoms. The van der Waals surface area contributed by atoms with Crippen LogP contribution in [0.2, 0.25) is 0 Å². The molecule has 0 N–H and O–H groups in total. The molecule has 0 radical (unpaired) electrons. The highest BCUT2D eigenvalue weighted by molar-refractivity contribution is 9.10. The van der Waals surface area contributed by atoms with Crippen LogP contribution < -0.4 is 0 Å². The van der Waals surface area contributed by atoms with Gasteiger partial charge in [0.2, 0.25) is 0 Å². The number of carbonyl (C=O) groups is 1. The minimum absolute atomic E-state index is 0.106. The number of hydrogen-bond donors (Lipinski definition) is 0. The van der Waals surface area contributed by atoms with Crippen LogP contribution in [0, 0.1) is 0 Å². The molecule has 100 valence electrons. The Balaban J connectivity index is 2.07. The van der Waals surface area contributed by atoms with Crippen molar-refractivity contribution in [3.05, 3.63) is 22.4 Å². The summed E-state index contributed by atoms with van der Waals surface area (Å²) in [5.41, 5.74) is 0.797. The lowest BCUT2D eigenvalue weighted by Crippen LogP contribution is -2.34. The van der Waals surface area contributed by atoms with Crippen LogP contribution in [-0.2, 0) is 0 Å². The highest BCUT2D eigenvalue weighted by atomic mass is 79.9. The van der Waals surface area contributed by atoms with E-state index in [1.54, 1.807) is 4.90 Å². The fraction of sp³-hybridized carbons (Fsp3) is 0.615. The summed E-state index contributed by atoms with van der Waals surface area (Å²) >= 11 is 3.46. The number of rotatable bonds is 5. The van der Waals surface area contributed by atoms with Crippen molar-refractivity contribution in [3.63, 3.8) is 0 Å². The van der Waals surface area contributed by atoms with Gasteiger partial charge in [0.15, 0.2) is 0 Å². The molecule has 1 fully saturated rings. The molecule has 1 saturated carbocycles. The van der Waals surface area contributed by atoms with Gasteiger partial charge in [-0.3, -0.25) is 4.79 Å². The van der Waals surface area contributed by atoms with Gasteiger partial charge in [-0.05, 0) is 48.9 Å². The molecule has 0 bridgehead atoms. The zero-order chi connectivity index (χ0) is 13.3. The van der Waals surface area contributed by atoms with Crippen LogP contribution in [0.4, 0.5) is 0 Å². The molecule has 1 aromatic heterocycles. The van der Waals surface area contributed by atoms with E-state index in [2.05, 4.69) is 25.4 Å². The molecule has 1 aliphatic carbocycles. The van der Waals surface area contributed by atoms with E-state index in [0.717, 1.165) is 23.3 Å². The highest BCUT2D eigenvalue weighted by Gasteiger charge is 2.28. The maximum atomic E-state index is 12.4. The van der Waals surface area contributed by atoms with E-state index in [1.165, 1.54) is 12.8 Å². The van der Waals surface area contributed by atoms with Crippen molar-refractivity contribution in [2.24, 2.45) is 0 Å². The summed E-state index contributed by atoms with van der Waals surface area (Å²) in [6.07, 6.45) is 4.39. The molecule has 0 atom stereocenters. The van der Waals surface area contributed by atoms with Gasteiger partial charge in [-0.1, -0.05) is 0 Å². The van der Waals surface area contributed by atoms with E-state index in [9.17, 15) is 4.79 Å². The monoisotopic (exact) mass is 313 g/mol. The summed E-state index contributed by atoms with van der Waals surface area (Å²) in [7, 11) is 5.90. The average Bonchev–Trinajstić information content (AvgIpc) is 3.08. The first kappa shape index (κ1) is 13.6. The molecule has 2 rings (SSSR count). The maximum absolute atomic E-state index is 12.4. The van der Waals surface area contributed by atoms with E-state index < -0.39 is 0 Å². The van der Waals surface area contributed by atoms with Gasteiger partial charge in [0.05, 0.1) is 0 Å². The number of aromatic nitrogens is 1. The molecule has 1 heterocycles. The summed E-state index contributed by atoms with van der Waals surface area (Å²) in [6, 6.07) is 2.45. The van der Waals surface area contributed by atoms with Crippen molar-refractivity contribution in [2.75, 3.05) is 34.2 Å². The highest BCUT2D eigenvalue weighted by Crippen LogP contribution is 2.37. The number of halogens is 1. The minimum atomic E-state index is 0.106. The largest absolute Gasteiger partial charge is 0.339 e. The first-order chi connectivity index (χ1) is 8.49. The second-order valence-electron chi connectivity index (χ2n) is 5.21. The van der Waals surface area contributed by atoms with Crippen LogP contribution in [-0.4, -0.2) is 54.5 Å². The topological polar surface area (TPSA) is 28.5 Å². The summed E-state index contributed by atoms with van der Waals surface area (Å²) in [6.45, 7) is 1.63. The quantitative estimate of drug-likeness (QED) is 0.834. The third-order valence-corrected chi connectivity index (χ3v) is 3.64. The maximum Gasteiger partial charge on any atom is 0.270 e. The Bertz CT molecular complexity index is 437. The second kappa shape index (κ2) is 5.45. The third kappa shape index (κ3) is 3.14. The summed E-state index contributed by atoms with van der Waals surface area (Å²) in [5, 5.41) is 0. The van der Waals surface area contributed by atoms with Crippen LogP contribution in [0.15, 0.2) is 16.7 Å². The van der Waals surface area contributed by atoms with Crippen molar-refractivity contribution >= 4 is 21.8 Å². The minimum Gasteiger partial charge on any atom is -0.339 e. The molecule has 0 aromatic carbocycles. The van der Waals surface area contributed by atoms with E-state index in [4.69, 9.17) is 0 Å². The molecule has 5 heteroatoms. The fourth-order valence-electron chi connectivity index (χ4n) is 1.92. The number of hydrogen-bond acceptors (Lipinski definition) is 2. The SMILES string of the molecule is CN(C)CCN(C)C(=O)c1cc(Br)cn1C1CC1. The molecular formula is C13H20BrN3O. The van der Waals surface area contributed by atoms with Crippen LogP contribution >= 0.6 is 15.9 Å².